The number of hydrogen-bond acceptors (Lipinski definition) is 4. The summed E-state index contributed by atoms with van der Waals surface area (Å²) >= 11 is 0. The first-order chi connectivity index (χ1) is 13.2. The fourth-order valence-corrected chi connectivity index (χ4v) is 4.30. The van der Waals surface area contributed by atoms with E-state index in [2.05, 4.69) is 47.5 Å². The van der Waals surface area contributed by atoms with Crippen molar-refractivity contribution < 1.29 is 9.57 Å². The van der Waals surface area contributed by atoms with Gasteiger partial charge in [-0.3, -0.25) is 0 Å². The van der Waals surface area contributed by atoms with Crippen LogP contribution in [-0.2, 0) is 10.3 Å². The summed E-state index contributed by atoms with van der Waals surface area (Å²) in [5, 5.41) is 4.51. The molecule has 0 saturated heterocycles. The maximum Gasteiger partial charge on any atom is 0.210 e. The van der Waals surface area contributed by atoms with Gasteiger partial charge in [0, 0.05) is 18.7 Å². The van der Waals surface area contributed by atoms with Crippen LogP contribution in [-0.4, -0.2) is 25.6 Å². The van der Waals surface area contributed by atoms with Crippen LogP contribution in [0.5, 0.6) is 5.75 Å². The molecule has 0 spiro atoms. The molecule has 2 atom stereocenters. The van der Waals surface area contributed by atoms with E-state index in [-0.39, 0.29) is 11.6 Å². The highest BCUT2D eigenvalue weighted by molar-refractivity contribution is 6.02. The molecule has 0 amide bonds. The Hall–Kier alpha value is -3.01. The molecule has 2 aromatic carbocycles. The Morgan fingerprint density at radius 1 is 1.19 bits per heavy atom. The molecule has 138 valence electrons. The number of benzene rings is 2. The van der Waals surface area contributed by atoms with E-state index in [0.717, 1.165) is 29.9 Å². The molecule has 2 heterocycles. The number of allylic oxidation sites excluding steroid dienone is 1. The van der Waals surface area contributed by atoms with Crippen molar-refractivity contribution >= 4 is 11.4 Å². The van der Waals surface area contributed by atoms with Crippen LogP contribution in [0.4, 0.5) is 5.69 Å². The number of anilines is 1. The molecule has 2 aromatic rings. The summed E-state index contributed by atoms with van der Waals surface area (Å²) < 4.78 is 5.27. The Labute approximate surface area is 160 Å². The van der Waals surface area contributed by atoms with Crippen LogP contribution in [0.25, 0.3) is 0 Å². The molecule has 4 nitrogen and oxygen atoms in total. The molecule has 0 aliphatic carbocycles. The van der Waals surface area contributed by atoms with Crippen LogP contribution in [0.2, 0.25) is 0 Å². The van der Waals surface area contributed by atoms with Crippen molar-refractivity contribution in [1.29, 1.82) is 0 Å². The van der Waals surface area contributed by atoms with Crippen molar-refractivity contribution in [2.24, 2.45) is 5.16 Å². The normalized spacial score (nSPS) is 22.9. The lowest BCUT2D eigenvalue weighted by molar-refractivity contribution is -0.00349. The maximum atomic E-state index is 6.12. The zero-order valence-electron chi connectivity index (χ0n) is 15.6. The van der Waals surface area contributed by atoms with Gasteiger partial charge in [-0.2, -0.15) is 0 Å². The zero-order valence-corrected chi connectivity index (χ0v) is 15.6. The van der Waals surface area contributed by atoms with Gasteiger partial charge >= 0.3 is 0 Å². The topological polar surface area (TPSA) is 34.1 Å². The van der Waals surface area contributed by atoms with E-state index in [1.807, 2.05) is 36.4 Å². The predicted molar refractivity (Wildman–Crippen MR) is 109 cm³/mol. The molecular weight excluding hydrogens is 336 g/mol. The quantitative estimate of drug-likeness (QED) is 0.702. The molecule has 0 unspecified atom stereocenters. The van der Waals surface area contributed by atoms with Gasteiger partial charge in [0.25, 0.3) is 0 Å². The molecule has 27 heavy (non-hydrogen) atoms. The number of methoxy groups -OCH3 is 1. The minimum absolute atomic E-state index is 0.159. The third-order valence-corrected chi connectivity index (χ3v) is 5.51. The molecule has 2 aliphatic heterocycles. The van der Waals surface area contributed by atoms with Crippen molar-refractivity contribution in [3.05, 3.63) is 85.0 Å². The van der Waals surface area contributed by atoms with Gasteiger partial charge < -0.3 is 14.5 Å². The molecule has 4 rings (SSSR count). The summed E-state index contributed by atoms with van der Waals surface area (Å²) in [6, 6.07) is 16.5. The number of fused-ring (bicyclic) bond motifs is 3. The van der Waals surface area contributed by atoms with Crippen LogP contribution in [0.1, 0.15) is 24.0 Å². The molecule has 0 bridgehead atoms. The van der Waals surface area contributed by atoms with Crippen LogP contribution in [0.15, 0.2) is 79.0 Å². The third kappa shape index (κ3) is 2.72. The van der Waals surface area contributed by atoms with Crippen molar-refractivity contribution in [2.75, 3.05) is 18.6 Å². The highest BCUT2D eigenvalue weighted by Gasteiger charge is 2.54. The van der Waals surface area contributed by atoms with Gasteiger partial charge in [-0.05, 0) is 47.9 Å². The molecule has 0 N–H and O–H groups in total. The van der Waals surface area contributed by atoms with Gasteiger partial charge in [-0.15, -0.1) is 13.2 Å². The summed E-state index contributed by atoms with van der Waals surface area (Å²) in [5.41, 5.74) is 4.27. The number of oxime groups is 1. The smallest absolute Gasteiger partial charge is 0.210 e. The lowest BCUT2D eigenvalue weighted by Gasteiger charge is -2.39. The first kappa shape index (κ1) is 17.4. The number of nitrogens with zero attached hydrogens (tertiary/aromatic N) is 2. The monoisotopic (exact) mass is 360 g/mol. The van der Waals surface area contributed by atoms with Crippen LogP contribution < -0.4 is 9.64 Å². The van der Waals surface area contributed by atoms with E-state index in [9.17, 15) is 0 Å². The van der Waals surface area contributed by atoms with Crippen LogP contribution >= 0.6 is 0 Å². The molecule has 4 heteroatoms. The first-order valence-electron chi connectivity index (χ1n) is 9.18. The molecule has 0 saturated carbocycles. The summed E-state index contributed by atoms with van der Waals surface area (Å²) in [5.74, 6) is 0.832. The summed E-state index contributed by atoms with van der Waals surface area (Å²) in [6.07, 6.45) is 5.35. The first-order valence-corrected chi connectivity index (χ1v) is 9.18. The average molecular weight is 360 g/mol. The molecule has 2 aliphatic rings. The Morgan fingerprint density at radius 3 is 2.67 bits per heavy atom. The second-order valence-corrected chi connectivity index (χ2v) is 7.01. The number of para-hydroxylation sites is 1. The van der Waals surface area contributed by atoms with Crippen molar-refractivity contribution in [3.63, 3.8) is 0 Å². The van der Waals surface area contributed by atoms with E-state index >= 15 is 0 Å². The van der Waals surface area contributed by atoms with E-state index < -0.39 is 0 Å². The van der Waals surface area contributed by atoms with Gasteiger partial charge in [0.05, 0.1) is 18.2 Å². The third-order valence-electron chi connectivity index (χ3n) is 5.51. The highest BCUT2D eigenvalue weighted by Crippen LogP contribution is 2.52. The van der Waals surface area contributed by atoms with Crippen LogP contribution in [0.3, 0.4) is 0 Å². The largest absolute Gasteiger partial charge is 0.497 e. The van der Waals surface area contributed by atoms with Gasteiger partial charge in [0.2, 0.25) is 6.23 Å². The maximum absolute atomic E-state index is 6.12. The number of ether oxygens (including phenoxy) is 1. The molecule has 0 aromatic heterocycles. The van der Waals surface area contributed by atoms with Crippen molar-refractivity contribution in [1.82, 2.24) is 0 Å². The van der Waals surface area contributed by atoms with Crippen molar-refractivity contribution in [3.8, 4) is 5.75 Å². The number of rotatable bonds is 6. The second kappa shape index (κ2) is 6.95. The predicted octanol–water partition coefficient (Wildman–Crippen LogP) is 4.67. The van der Waals surface area contributed by atoms with Gasteiger partial charge in [0.1, 0.15) is 5.75 Å². The Morgan fingerprint density at radius 2 is 1.96 bits per heavy atom. The number of hydrogen-bond donors (Lipinski definition) is 0. The molecular formula is C23H24N2O2. The fraction of sp³-hybridized carbons (Fsp3) is 0.261. The second-order valence-electron chi connectivity index (χ2n) is 7.01. The minimum Gasteiger partial charge on any atom is -0.497 e. The zero-order chi connectivity index (χ0) is 18.9. The Bertz CT molecular complexity index is 888. The Kier molecular flexibility index (Phi) is 4.48. The summed E-state index contributed by atoms with van der Waals surface area (Å²) in [7, 11) is 1.67. The van der Waals surface area contributed by atoms with Gasteiger partial charge in [0.15, 0.2) is 0 Å². The lowest BCUT2D eigenvalue weighted by Crippen LogP contribution is -2.49. The fourth-order valence-electron chi connectivity index (χ4n) is 4.30. The van der Waals surface area contributed by atoms with E-state index in [1.165, 1.54) is 11.3 Å². The van der Waals surface area contributed by atoms with E-state index in [1.54, 1.807) is 7.11 Å². The lowest BCUT2D eigenvalue weighted by atomic mass is 9.72. The average Bonchev–Trinajstić information content (AvgIpc) is 2.98. The summed E-state index contributed by atoms with van der Waals surface area (Å²) in [6.45, 7) is 8.66. The van der Waals surface area contributed by atoms with E-state index in [0.29, 0.717) is 6.54 Å². The van der Waals surface area contributed by atoms with E-state index in [4.69, 9.17) is 9.57 Å². The molecule has 0 radical (unpaired) electrons. The molecule has 0 fully saturated rings. The Balaban J connectivity index is 1.78. The van der Waals surface area contributed by atoms with Crippen molar-refractivity contribution in [2.45, 2.75) is 24.5 Å². The SMILES string of the molecule is C=CCN1c2ccccc2[C@@]2(CC=C)CC(c3ccc(OC)cc3)=NO[C@@H]12. The summed E-state index contributed by atoms with van der Waals surface area (Å²) in [4.78, 5) is 8.37. The standard InChI is InChI=1S/C23H24N2O2/c1-4-14-23-16-20(17-10-12-18(26-3)13-11-17)24-27-22(23)25(15-5-2)21-9-7-6-8-19(21)23/h4-13,22H,1-2,14-16H2,3H3/t22-,23-/m1/s1. The minimum atomic E-state index is -0.210. The van der Waals surface area contributed by atoms with Gasteiger partial charge in [-0.25, -0.2) is 0 Å². The highest BCUT2D eigenvalue weighted by atomic mass is 16.7. The van der Waals surface area contributed by atoms with Crippen LogP contribution in [0, 0.1) is 0 Å². The van der Waals surface area contributed by atoms with Gasteiger partial charge in [-0.1, -0.05) is 35.5 Å².